The standard InChI is InChI=1S/C24H18N2OS/c25-21-19-12-14-5-3-7-20(14)26-24(19)28-23(21)22(27)15-8-9-18-16(11-15)10-13-4-1-2-6-17(13)18/h1-2,4,6,8-9,11-12H,3,5,7,10,25H2. The van der Waals surface area contributed by atoms with Crippen LogP contribution in [0.1, 0.15) is 44.0 Å². The van der Waals surface area contributed by atoms with E-state index >= 15 is 0 Å². The van der Waals surface area contributed by atoms with E-state index < -0.39 is 0 Å². The number of rotatable bonds is 2. The van der Waals surface area contributed by atoms with E-state index in [1.165, 1.54) is 44.8 Å². The summed E-state index contributed by atoms with van der Waals surface area (Å²) in [6.07, 6.45) is 4.12. The van der Waals surface area contributed by atoms with Crippen molar-refractivity contribution in [2.45, 2.75) is 25.7 Å². The van der Waals surface area contributed by atoms with Crippen LogP contribution in [0.5, 0.6) is 0 Å². The number of fused-ring (bicyclic) bond motifs is 5. The number of anilines is 1. The number of pyridine rings is 1. The van der Waals surface area contributed by atoms with Crippen molar-refractivity contribution >= 4 is 33.0 Å². The third kappa shape index (κ3) is 2.21. The van der Waals surface area contributed by atoms with Gasteiger partial charge in [-0.05, 0) is 65.6 Å². The minimum atomic E-state index is -0.000541. The largest absolute Gasteiger partial charge is 0.397 e. The van der Waals surface area contributed by atoms with Gasteiger partial charge in [-0.25, -0.2) is 4.98 Å². The van der Waals surface area contributed by atoms with Crippen LogP contribution in [0.3, 0.4) is 0 Å². The van der Waals surface area contributed by atoms with Crippen LogP contribution < -0.4 is 5.73 Å². The van der Waals surface area contributed by atoms with Gasteiger partial charge in [0.05, 0.1) is 5.69 Å². The van der Waals surface area contributed by atoms with Crippen LogP contribution in [0.15, 0.2) is 48.5 Å². The van der Waals surface area contributed by atoms with Gasteiger partial charge in [0, 0.05) is 16.6 Å². The van der Waals surface area contributed by atoms with Crippen molar-refractivity contribution in [2.24, 2.45) is 0 Å². The summed E-state index contributed by atoms with van der Waals surface area (Å²) in [5.41, 5.74) is 15.2. The fourth-order valence-corrected chi connectivity index (χ4v) is 5.64. The van der Waals surface area contributed by atoms with Crippen molar-refractivity contribution in [3.8, 4) is 11.1 Å². The number of benzene rings is 2. The second-order valence-electron chi connectivity index (χ2n) is 7.68. The number of aromatic nitrogens is 1. The number of hydrogen-bond donors (Lipinski definition) is 1. The molecule has 0 aliphatic heterocycles. The molecule has 4 heteroatoms. The van der Waals surface area contributed by atoms with Gasteiger partial charge in [0.2, 0.25) is 5.78 Å². The van der Waals surface area contributed by atoms with Gasteiger partial charge in [0.25, 0.3) is 0 Å². The predicted molar refractivity (Wildman–Crippen MR) is 114 cm³/mol. The summed E-state index contributed by atoms with van der Waals surface area (Å²) in [5, 5.41) is 0.933. The lowest BCUT2D eigenvalue weighted by Crippen LogP contribution is -2.03. The molecule has 0 bridgehead atoms. The molecule has 0 fully saturated rings. The monoisotopic (exact) mass is 382 g/mol. The van der Waals surface area contributed by atoms with Crippen molar-refractivity contribution < 1.29 is 4.79 Å². The summed E-state index contributed by atoms with van der Waals surface area (Å²) >= 11 is 1.43. The van der Waals surface area contributed by atoms with Gasteiger partial charge in [0.15, 0.2) is 0 Å². The number of carbonyl (C=O) groups is 1. The molecule has 2 aromatic carbocycles. The van der Waals surface area contributed by atoms with E-state index in [2.05, 4.69) is 36.4 Å². The van der Waals surface area contributed by atoms with Crippen molar-refractivity contribution in [1.82, 2.24) is 4.98 Å². The van der Waals surface area contributed by atoms with Gasteiger partial charge in [-0.15, -0.1) is 11.3 Å². The molecule has 28 heavy (non-hydrogen) atoms. The first kappa shape index (κ1) is 16.0. The van der Waals surface area contributed by atoms with E-state index in [9.17, 15) is 4.79 Å². The number of aryl methyl sites for hydroxylation is 2. The number of nitrogens with zero attached hydrogens (tertiary/aromatic N) is 1. The molecule has 136 valence electrons. The van der Waals surface area contributed by atoms with Crippen LogP contribution >= 0.6 is 11.3 Å². The maximum absolute atomic E-state index is 13.3. The Bertz CT molecular complexity index is 1300. The summed E-state index contributed by atoms with van der Waals surface area (Å²) in [5.74, 6) is -0.000541. The lowest BCUT2D eigenvalue weighted by atomic mass is 10.0. The van der Waals surface area contributed by atoms with Gasteiger partial charge in [-0.2, -0.15) is 0 Å². The molecule has 6 rings (SSSR count). The van der Waals surface area contributed by atoms with Crippen molar-refractivity contribution in [3.63, 3.8) is 0 Å². The zero-order chi connectivity index (χ0) is 18.8. The van der Waals surface area contributed by atoms with E-state index in [0.29, 0.717) is 16.1 Å². The molecule has 0 saturated carbocycles. The lowest BCUT2D eigenvalue weighted by Gasteiger charge is -2.04. The highest BCUT2D eigenvalue weighted by Crippen LogP contribution is 2.39. The number of nitrogen functional groups attached to an aromatic ring is 1. The topological polar surface area (TPSA) is 56.0 Å². The minimum Gasteiger partial charge on any atom is -0.397 e. The molecule has 0 saturated heterocycles. The number of thiophene rings is 1. The summed E-state index contributed by atoms with van der Waals surface area (Å²) < 4.78 is 0. The molecule has 2 N–H and O–H groups in total. The zero-order valence-corrected chi connectivity index (χ0v) is 16.1. The Balaban J connectivity index is 1.42. The van der Waals surface area contributed by atoms with E-state index in [4.69, 9.17) is 10.7 Å². The average Bonchev–Trinajstić information content (AvgIpc) is 3.40. The Morgan fingerprint density at radius 1 is 0.964 bits per heavy atom. The molecule has 2 aliphatic carbocycles. The molecule has 2 heterocycles. The van der Waals surface area contributed by atoms with Gasteiger partial charge in [0.1, 0.15) is 9.71 Å². The van der Waals surface area contributed by atoms with Crippen LogP contribution in [0.25, 0.3) is 21.3 Å². The van der Waals surface area contributed by atoms with Crippen molar-refractivity contribution in [2.75, 3.05) is 5.73 Å². The fourth-order valence-electron chi connectivity index (χ4n) is 4.58. The predicted octanol–water partition coefficient (Wildman–Crippen LogP) is 5.17. The summed E-state index contributed by atoms with van der Waals surface area (Å²) in [4.78, 5) is 19.5. The Kier molecular flexibility index (Phi) is 3.29. The number of nitrogens with two attached hydrogens (primary N) is 1. The quantitative estimate of drug-likeness (QED) is 0.429. The van der Waals surface area contributed by atoms with Crippen LogP contribution in [0, 0.1) is 0 Å². The average molecular weight is 382 g/mol. The Hall–Kier alpha value is -2.98. The zero-order valence-electron chi connectivity index (χ0n) is 15.3. The first-order valence-corrected chi connectivity index (χ1v) is 10.5. The Morgan fingerprint density at radius 3 is 2.75 bits per heavy atom. The Labute approximate surface area is 166 Å². The summed E-state index contributed by atoms with van der Waals surface area (Å²) in [7, 11) is 0. The van der Waals surface area contributed by atoms with Crippen molar-refractivity contribution in [1.29, 1.82) is 0 Å². The minimum absolute atomic E-state index is 0.000541. The Morgan fingerprint density at radius 2 is 1.82 bits per heavy atom. The molecular formula is C24H18N2OS. The summed E-state index contributed by atoms with van der Waals surface area (Å²) in [6.45, 7) is 0. The highest BCUT2D eigenvalue weighted by Gasteiger charge is 2.24. The van der Waals surface area contributed by atoms with E-state index in [1.54, 1.807) is 0 Å². The fraction of sp³-hybridized carbons (Fsp3) is 0.167. The van der Waals surface area contributed by atoms with Crippen LogP contribution in [0.4, 0.5) is 5.69 Å². The third-order valence-electron chi connectivity index (χ3n) is 6.01. The van der Waals surface area contributed by atoms with Gasteiger partial charge < -0.3 is 5.73 Å². The SMILES string of the molecule is Nc1c(C(=O)c2ccc3c(c2)Cc2ccccc2-3)sc2nc3c(cc12)CCC3. The van der Waals surface area contributed by atoms with Crippen LogP contribution in [-0.2, 0) is 19.3 Å². The molecule has 0 atom stereocenters. The lowest BCUT2D eigenvalue weighted by molar-refractivity contribution is 0.104. The van der Waals surface area contributed by atoms with Gasteiger partial charge >= 0.3 is 0 Å². The highest BCUT2D eigenvalue weighted by atomic mass is 32.1. The molecular weight excluding hydrogens is 364 g/mol. The molecule has 2 aliphatic rings. The molecule has 0 amide bonds. The van der Waals surface area contributed by atoms with Crippen molar-refractivity contribution in [3.05, 3.63) is 81.4 Å². The third-order valence-corrected chi connectivity index (χ3v) is 7.13. The molecule has 3 nitrogen and oxygen atoms in total. The molecule has 0 spiro atoms. The molecule has 0 unspecified atom stereocenters. The number of hydrogen-bond acceptors (Lipinski definition) is 4. The van der Waals surface area contributed by atoms with Crippen LogP contribution in [-0.4, -0.2) is 10.8 Å². The molecule has 2 aromatic heterocycles. The van der Waals surface area contributed by atoms with Crippen LogP contribution in [0.2, 0.25) is 0 Å². The number of ketones is 1. The second-order valence-corrected chi connectivity index (χ2v) is 8.68. The molecule has 0 radical (unpaired) electrons. The number of carbonyl (C=O) groups excluding carboxylic acids is 1. The maximum Gasteiger partial charge on any atom is 0.205 e. The maximum atomic E-state index is 13.3. The van der Waals surface area contributed by atoms with E-state index in [1.807, 2.05) is 12.1 Å². The normalized spacial score (nSPS) is 14.1. The summed E-state index contributed by atoms with van der Waals surface area (Å²) in [6, 6.07) is 16.6. The molecule has 4 aromatic rings. The van der Waals surface area contributed by atoms with Gasteiger partial charge in [-0.1, -0.05) is 36.4 Å². The first-order valence-electron chi connectivity index (χ1n) is 9.66. The second kappa shape index (κ2) is 5.76. The van der Waals surface area contributed by atoms with E-state index in [-0.39, 0.29) is 5.78 Å². The highest BCUT2D eigenvalue weighted by molar-refractivity contribution is 7.21. The van der Waals surface area contributed by atoms with Gasteiger partial charge in [-0.3, -0.25) is 4.79 Å². The smallest absolute Gasteiger partial charge is 0.205 e. The van der Waals surface area contributed by atoms with E-state index in [0.717, 1.165) is 35.9 Å². The first-order chi connectivity index (χ1) is 13.7.